The molecule has 1 unspecified atom stereocenters. The van der Waals surface area contributed by atoms with Crippen molar-refractivity contribution < 1.29 is 9.53 Å². The summed E-state index contributed by atoms with van der Waals surface area (Å²) in [6.07, 6.45) is 1.67. The highest BCUT2D eigenvalue weighted by atomic mass is 35.5. The van der Waals surface area contributed by atoms with Crippen LogP contribution in [0.5, 0.6) is 0 Å². The van der Waals surface area contributed by atoms with Crippen LogP contribution < -0.4 is 5.32 Å². The third kappa shape index (κ3) is 2.99. The van der Waals surface area contributed by atoms with Gasteiger partial charge in [-0.3, -0.25) is 10.1 Å². The lowest BCUT2D eigenvalue weighted by molar-refractivity contribution is -0.143. The van der Waals surface area contributed by atoms with Crippen molar-refractivity contribution in [2.24, 2.45) is 5.92 Å². The van der Waals surface area contributed by atoms with E-state index in [4.69, 9.17) is 4.74 Å². The van der Waals surface area contributed by atoms with Crippen molar-refractivity contribution in [2.75, 3.05) is 7.11 Å². The Hall–Kier alpha value is -1.52. The summed E-state index contributed by atoms with van der Waals surface area (Å²) >= 11 is 0. The number of methoxy groups -OCH3 is 1. The Labute approximate surface area is 137 Å². The van der Waals surface area contributed by atoms with Crippen molar-refractivity contribution >= 4 is 29.3 Å². The van der Waals surface area contributed by atoms with Crippen LogP contribution in [0.15, 0.2) is 24.3 Å². The molecule has 1 aromatic heterocycles. The molecule has 0 radical (unpaired) electrons. The zero-order valence-corrected chi connectivity index (χ0v) is 14.0. The second-order valence-corrected chi connectivity index (χ2v) is 6.19. The topological polar surface area (TPSA) is 54.1 Å². The Kier molecular flexibility index (Phi) is 5.14. The van der Waals surface area contributed by atoms with Crippen LogP contribution in [0.4, 0.5) is 0 Å². The number of H-pyrrole nitrogens is 1. The second kappa shape index (κ2) is 6.71. The molecule has 0 bridgehead atoms. The number of nitrogens with one attached hydrogen (secondary N) is 2. The molecule has 0 saturated carbocycles. The summed E-state index contributed by atoms with van der Waals surface area (Å²) in [7, 11) is 1.45. The Morgan fingerprint density at radius 2 is 2.09 bits per heavy atom. The third-order valence-electron chi connectivity index (χ3n) is 4.20. The molecule has 3 rings (SSSR count). The zero-order chi connectivity index (χ0) is 15.0. The van der Waals surface area contributed by atoms with E-state index >= 15 is 0 Å². The van der Waals surface area contributed by atoms with Gasteiger partial charge >= 0.3 is 5.97 Å². The number of carbonyl (C=O) groups is 1. The highest BCUT2D eigenvalue weighted by Crippen LogP contribution is 2.34. The average Bonchev–Trinajstić information content (AvgIpc) is 2.85. The van der Waals surface area contributed by atoms with E-state index < -0.39 is 0 Å². The van der Waals surface area contributed by atoms with E-state index in [0.29, 0.717) is 12.3 Å². The van der Waals surface area contributed by atoms with Crippen molar-refractivity contribution in [3.8, 4) is 0 Å². The first-order valence-corrected chi connectivity index (χ1v) is 7.53. The van der Waals surface area contributed by atoms with E-state index in [1.54, 1.807) is 0 Å². The number of benzene rings is 1. The fraction of sp³-hybridized carbons (Fsp3) is 0.471. The molecule has 120 valence electrons. The fourth-order valence-corrected chi connectivity index (χ4v) is 3.28. The maximum atomic E-state index is 12.0. The normalized spacial score (nSPS) is 20.5. The van der Waals surface area contributed by atoms with Crippen LogP contribution in [0.3, 0.4) is 0 Å². The molecular weight excluding hydrogens is 300 g/mol. The maximum absolute atomic E-state index is 12.0. The number of aromatic nitrogens is 1. The van der Waals surface area contributed by atoms with Gasteiger partial charge in [-0.1, -0.05) is 32.0 Å². The van der Waals surface area contributed by atoms with Gasteiger partial charge in [0.05, 0.1) is 7.11 Å². The number of hydrogen-bond donors (Lipinski definition) is 2. The molecule has 2 heterocycles. The van der Waals surface area contributed by atoms with E-state index in [-0.39, 0.29) is 30.5 Å². The number of halogens is 1. The molecule has 22 heavy (non-hydrogen) atoms. The van der Waals surface area contributed by atoms with Gasteiger partial charge in [-0.2, -0.15) is 0 Å². The van der Waals surface area contributed by atoms with E-state index in [9.17, 15) is 4.79 Å². The van der Waals surface area contributed by atoms with E-state index in [0.717, 1.165) is 11.9 Å². The predicted molar refractivity (Wildman–Crippen MR) is 90.4 cm³/mol. The monoisotopic (exact) mass is 322 g/mol. The highest BCUT2D eigenvalue weighted by Gasteiger charge is 2.33. The first kappa shape index (κ1) is 16.8. The minimum absolute atomic E-state index is 0. The summed E-state index contributed by atoms with van der Waals surface area (Å²) in [6, 6.07) is 8.20. The molecular formula is C17H23ClN2O2. The lowest BCUT2D eigenvalue weighted by Gasteiger charge is -2.31. The lowest BCUT2D eigenvalue weighted by atomic mass is 9.90. The Morgan fingerprint density at radius 1 is 1.36 bits per heavy atom. The van der Waals surface area contributed by atoms with Crippen LogP contribution in [-0.4, -0.2) is 24.1 Å². The lowest BCUT2D eigenvalue weighted by Crippen LogP contribution is -2.45. The second-order valence-electron chi connectivity index (χ2n) is 6.19. The summed E-state index contributed by atoms with van der Waals surface area (Å²) in [5.41, 5.74) is 3.62. The van der Waals surface area contributed by atoms with Crippen molar-refractivity contribution in [1.82, 2.24) is 10.3 Å². The molecule has 0 aliphatic carbocycles. The van der Waals surface area contributed by atoms with Crippen molar-refractivity contribution in [3.63, 3.8) is 0 Å². The van der Waals surface area contributed by atoms with Crippen LogP contribution in [-0.2, 0) is 16.0 Å². The quantitative estimate of drug-likeness (QED) is 0.852. The molecule has 1 aliphatic heterocycles. The summed E-state index contributed by atoms with van der Waals surface area (Å²) in [5, 5.41) is 4.67. The van der Waals surface area contributed by atoms with Gasteiger partial charge in [-0.05, 0) is 24.0 Å². The molecule has 5 heteroatoms. The number of aromatic amines is 1. The van der Waals surface area contributed by atoms with Gasteiger partial charge in [0.25, 0.3) is 0 Å². The minimum Gasteiger partial charge on any atom is -0.468 e. The number of fused-ring (bicyclic) bond motifs is 3. The van der Waals surface area contributed by atoms with Gasteiger partial charge in [0.15, 0.2) is 0 Å². The van der Waals surface area contributed by atoms with Crippen LogP contribution in [0.1, 0.15) is 37.6 Å². The molecule has 0 amide bonds. The number of carbonyl (C=O) groups excluding carboxylic acids is 1. The summed E-state index contributed by atoms with van der Waals surface area (Å²) in [4.78, 5) is 15.5. The molecule has 2 atom stereocenters. The largest absolute Gasteiger partial charge is 0.468 e. The molecule has 1 aliphatic rings. The first-order chi connectivity index (χ1) is 10.1. The summed E-state index contributed by atoms with van der Waals surface area (Å²) in [5.74, 6) is 0.373. The maximum Gasteiger partial charge on any atom is 0.323 e. The third-order valence-corrected chi connectivity index (χ3v) is 4.20. The number of esters is 1. The number of rotatable bonds is 3. The smallest absolute Gasteiger partial charge is 0.323 e. The molecule has 2 N–H and O–H groups in total. The number of para-hydroxylation sites is 1. The van der Waals surface area contributed by atoms with Gasteiger partial charge in [0, 0.05) is 29.1 Å². The van der Waals surface area contributed by atoms with E-state index in [1.165, 1.54) is 23.8 Å². The summed E-state index contributed by atoms with van der Waals surface area (Å²) < 4.78 is 4.94. The Balaban J connectivity index is 0.00000176. The van der Waals surface area contributed by atoms with Gasteiger partial charge in [0.1, 0.15) is 6.04 Å². The van der Waals surface area contributed by atoms with Gasteiger partial charge in [-0.15, -0.1) is 12.4 Å². The predicted octanol–water partition coefficient (Wildman–Crippen LogP) is 3.36. The van der Waals surface area contributed by atoms with Crippen LogP contribution in [0.25, 0.3) is 10.9 Å². The molecule has 0 saturated heterocycles. The van der Waals surface area contributed by atoms with Crippen LogP contribution in [0.2, 0.25) is 0 Å². The molecule has 1 aromatic carbocycles. The zero-order valence-electron chi connectivity index (χ0n) is 13.2. The molecule has 0 fully saturated rings. The molecule has 0 spiro atoms. The van der Waals surface area contributed by atoms with E-state index in [1.807, 2.05) is 12.1 Å². The van der Waals surface area contributed by atoms with Crippen LogP contribution >= 0.6 is 12.4 Å². The van der Waals surface area contributed by atoms with Crippen LogP contribution in [0, 0.1) is 5.92 Å². The Morgan fingerprint density at radius 3 is 2.77 bits per heavy atom. The first-order valence-electron chi connectivity index (χ1n) is 7.53. The van der Waals surface area contributed by atoms with E-state index in [2.05, 4.69) is 36.3 Å². The molecule has 2 aromatic rings. The highest BCUT2D eigenvalue weighted by molar-refractivity contribution is 5.87. The van der Waals surface area contributed by atoms with Gasteiger partial charge in [-0.25, -0.2) is 0 Å². The fourth-order valence-electron chi connectivity index (χ4n) is 3.28. The van der Waals surface area contributed by atoms with Crippen molar-refractivity contribution in [2.45, 2.75) is 38.8 Å². The Bertz CT molecular complexity index is 666. The molecule has 4 nitrogen and oxygen atoms in total. The van der Waals surface area contributed by atoms with Gasteiger partial charge < -0.3 is 9.72 Å². The van der Waals surface area contributed by atoms with Crippen molar-refractivity contribution in [1.29, 1.82) is 0 Å². The summed E-state index contributed by atoms with van der Waals surface area (Å²) in [6.45, 7) is 4.40. The minimum atomic E-state index is -0.259. The number of hydrogen-bond acceptors (Lipinski definition) is 3. The van der Waals surface area contributed by atoms with Gasteiger partial charge in [0.2, 0.25) is 0 Å². The van der Waals surface area contributed by atoms with Crippen molar-refractivity contribution in [3.05, 3.63) is 35.5 Å². The standard InChI is InChI=1S/C17H22N2O2.ClH/c1-10(2)8-14-16-12(9-15(18-14)17(20)21-3)11-6-4-5-7-13(11)19-16;/h4-7,10,14-15,18-19H,8-9H2,1-3H3;1H/t14-,15?;/m0./s1. The SMILES string of the molecule is COC(=O)C1Cc2c([nH]c3ccccc23)[C@H](CC(C)C)N1.Cl. The average molecular weight is 323 g/mol. The number of ether oxygens (including phenoxy) is 1.